The molecule has 2 rings (SSSR count). The molecule has 4 N–H and O–H groups in total. The highest BCUT2D eigenvalue weighted by atomic mass is 32.2. The van der Waals surface area contributed by atoms with Crippen molar-refractivity contribution in [1.82, 2.24) is 0 Å². The number of rotatable bonds is 3. The minimum Gasteiger partial charge on any atom is -0.400 e. The van der Waals surface area contributed by atoms with Crippen LogP contribution in [0, 0.1) is 0 Å². The molecule has 19 heavy (non-hydrogen) atoms. The SMILES string of the molecule is CO.OCC1O[C@@H](Sc2ccccc2)C[C@@H](O)[C@@H]1O. The Balaban J connectivity index is 0.000000861. The third-order valence-corrected chi connectivity index (χ3v) is 3.84. The maximum atomic E-state index is 9.67. The zero-order valence-corrected chi connectivity index (χ0v) is 11.5. The van der Waals surface area contributed by atoms with Crippen LogP contribution in [-0.4, -0.2) is 57.9 Å². The van der Waals surface area contributed by atoms with Gasteiger partial charge in [0.1, 0.15) is 17.6 Å². The zero-order valence-electron chi connectivity index (χ0n) is 10.7. The summed E-state index contributed by atoms with van der Waals surface area (Å²) in [6, 6.07) is 9.71. The van der Waals surface area contributed by atoms with Crippen molar-refractivity contribution in [3.63, 3.8) is 0 Å². The van der Waals surface area contributed by atoms with Gasteiger partial charge in [-0.15, -0.1) is 0 Å². The molecule has 0 radical (unpaired) electrons. The van der Waals surface area contributed by atoms with Gasteiger partial charge in [0.05, 0.1) is 12.7 Å². The number of hydrogen-bond donors (Lipinski definition) is 4. The van der Waals surface area contributed by atoms with Crippen LogP contribution in [0.1, 0.15) is 6.42 Å². The normalized spacial score (nSPS) is 30.4. The molecule has 1 aliphatic heterocycles. The van der Waals surface area contributed by atoms with Crippen molar-refractivity contribution in [3.8, 4) is 0 Å². The van der Waals surface area contributed by atoms with E-state index in [1.54, 1.807) is 0 Å². The predicted molar refractivity (Wildman–Crippen MR) is 72.8 cm³/mol. The van der Waals surface area contributed by atoms with E-state index in [1.807, 2.05) is 30.3 Å². The Morgan fingerprint density at radius 1 is 1.21 bits per heavy atom. The number of aliphatic hydroxyl groups is 4. The van der Waals surface area contributed by atoms with Crippen LogP contribution in [0.2, 0.25) is 0 Å². The molecule has 1 heterocycles. The smallest absolute Gasteiger partial charge is 0.110 e. The molecule has 4 atom stereocenters. The molecule has 0 spiro atoms. The third-order valence-electron chi connectivity index (χ3n) is 2.73. The number of ether oxygens (including phenoxy) is 1. The average molecular weight is 288 g/mol. The second-order valence-electron chi connectivity index (χ2n) is 4.01. The van der Waals surface area contributed by atoms with Crippen LogP contribution in [0.4, 0.5) is 0 Å². The summed E-state index contributed by atoms with van der Waals surface area (Å²) >= 11 is 1.48. The molecule has 1 aromatic rings. The number of hydrogen-bond acceptors (Lipinski definition) is 6. The van der Waals surface area contributed by atoms with Crippen molar-refractivity contribution >= 4 is 11.8 Å². The van der Waals surface area contributed by atoms with Crippen molar-refractivity contribution in [2.75, 3.05) is 13.7 Å². The van der Waals surface area contributed by atoms with Crippen molar-refractivity contribution in [2.45, 2.75) is 35.1 Å². The van der Waals surface area contributed by atoms with Crippen LogP contribution in [0.3, 0.4) is 0 Å². The van der Waals surface area contributed by atoms with E-state index in [0.717, 1.165) is 12.0 Å². The van der Waals surface area contributed by atoms with E-state index < -0.39 is 18.3 Å². The summed E-state index contributed by atoms with van der Waals surface area (Å²) in [5.74, 6) is 0. The highest BCUT2D eigenvalue weighted by molar-refractivity contribution is 7.99. The second kappa shape index (κ2) is 8.52. The summed E-state index contributed by atoms with van der Waals surface area (Å²) in [5, 5.41) is 35.3. The van der Waals surface area contributed by atoms with Gasteiger partial charge in [-0.05, 0) is 12.1 Å². The highest BCUT2D eigenvalue weighted by Gasteiger charge is 2.36. The van der Waals surface area contributed by atoms with Gasteiger partial charge < -0.3 is 25.2 Å². The minimum absolute atomic E-state index is 0.243. The minimum atomic E-state index is -1.01. The van der Waals surface area contributed by atoms with Gasteiger partial charge in [0, 0.05) is 18.4 Å². The Labute approximate surface area is 116 Å². The molecule has 0 aromatic heterocycles. The second-order valence-corrected chi connectivity index (χ2v) is 5.24. The fourth-order valence-electron chi connectivity index (χ4n) is 1.79. The van der Waals surface area contributed by atoms with Gasteiger partial charge >= 0.3 is 0 Å². The summed E-state index contributed by atoms with van der Waals surface area (Å²) in [7, 11) is 1.00. The molecule has 1 aliphatic rings. The predicted octanol–water partition coefficient (Wildman–Crippen LogP) is 0.216. The van der Waals surface area contributed by atoms with Crippen LogP contribution in [0.5, 0.6) is 0 Å². The number of aliphatic hydroxyl groups excluding tert-OH is 4. The Bertz CT molecular complexity index is 348. The highest BCUT2D eigenvalue weighted by Crippen LogP contribution is 2.32. The summed E-state index contributed by atoms with van der Waals surface area (Å²) in [5.41, 5.74) is -0.243. The molecular formula is C13H20O5S. The number of thioether (sulfide) groups is 1. The summed E-state index contributed by atoms with van der Waals surface area (Å²) in [6.45, 7) is -0.288. The molecule has 1 fully saturated rings. The van der Waals surface area contributed by atoms with Crippen molar-refractivity contribution in [3.05, 3.63) is 30.3 Å². The molecule has 0 amide bonds. The Morgan fingerprint density at radius 2 is 1.84 bits per heavy atom. The summed E-state index contributed by atoms with van der Waals surface area (Å²) in [6.07, 6.45) is -2.20. The van der Waals surface area contributed by atoms with Crippen LogP contribution < -0.4 is 0 Å². The fourth-order valence-corrected chi connectivity index (χ4v) is 2.90. The van der Waals surface area contributed by atoms with Crippen LogP contribution in [-0.2, 0) is 4.74 Å². The van der Waals surface area contributed by atoms with E-state index in [0.29, 0.717) is 6.42 Å². The molecular weight excluding hydrogens is 268 g/mol. The van der Waals surface area contributed by atoms with Crippen molar-refractivity contribution in [1.29, 1.82) is 0 Å². The van der Waals surface area contributed by atoms with Crippen molar-refractivity contribution in [2.24, 2.45) is 0 Å². The third kappa shape index (κ3) is 4.76. The lowest BCUT2D eigenvalue weighted by Crippen LogP contribution is -2.48. The first-order valence-electron chi connectivity index (χ1n) is 5.99. The molecule has 108 valence electrons. The Kier molecular flexibility index (Phi) is 7.37. The van der Waals surface area contributed by atoms with E-state index in [4.69, 9.17) is 14.9 Å². The average Bonchev–Trinajstić information content (AvgIpc) is 2.46. The lowest BCUT2D eigenvalue weighted by Gasteiger charge is -2.35. The molecule has 1 aromatic carbocycles. The topological polar surface area (TPSA) is 90.2 Å². The van der Waals surface area contributed by atoms with Crippen LogP contribution >= 0.6 is 11.8 Å². The van der Waals surface area contributed by atoms with E-state index >= 15 is 0 Å². The van der Waals surface area contributed by atoms with Gasteiger partial charge in [0.15, 0.2) is 0 Å². The number of benzene rings is 1. The Morgan fingerprint density at radius 3 is 2.42 bits per heavy atom. The van der Waals surface area contributed by atoms with Gasteiger partial charge in [-0.3, -0.25) is 0 Å². The van der Waals surface area contributed by atoms with E-state index in [1.165, 1.54) is 11.8 Å². The molecule has 0 bridgehead atoms. The van der Waals surface area contributed by atoms with E-state index in [9.17, 15) is 10.2 Å². The van der Waals surface area contributed by atoms with Gasteiger partial charge in [0.2, 0.25) is 0 Å². The standard InChI is InChI=1S/C12H16O4S.CH4O/c13-7-10-12(15)9(14)6-11(16-10)17-8-4-2-1-3-5-8;1-2/h1-5,9-15H,6-7H2;2H,1H3/t9-,10?,11+,12+;/m1./s1. The van der Waals surface area contributed by atoms with E-state index in [-0.39, 0.29) is 12.0 Å². The lowest BCUT2D eigenvalue weighted by molar-refractivity contribution is -0.157. The first-order valence-corrected chi connectivity index (χ1v) is 6.87. The zero-order chi connectivity index (χ0) is 14.3. The van der Waals surface area contributed by atoms with Crippen molar-refractivity contribution < 1.29 is 25.2 Å². The first-order chi connectivity index (χ1) is 9.20. The Hall–Kier alpha value is -0.630. The molecule has 1 unspecified atom stereocenters. The molecule has 1 saturated heterocycles. The largest absolute Gasteiger partial charge is 0.400 e. The van der Waals surface area contributed by atoms with Gasteiger partial charge in [-0.25, -0.2) is 0 Å². The van der Waals surface area contributed by atoms with Gasteiger partial charge in [-0.1, -0.05) is 30.0 Å². The van der Waals surface area contributed by atoms with E-state index in [2.05, 4.69) is 0 Å². The summed E-state index contributed by atoms with van der Waals surface area (Å²) in [4.78, 5) is 1.04. The van der Waals surface area contributed by atoms with Gasteiger partial charge in [-0.2, -0.15) is 0 Å². The van der Waals surface area contributed by atoms with Crippen LogP contribution in [0.25, 0.3) is 0 Å². The first kappa shape index (κ1) is 16.4. The molecule has 6 heteroatoms. The molecule has 5 nitrogen and oxygen atoms in total. The maximum absolute atomic E-state index is 9.67. The summed E-state index contributed by atoms with van der Waals surface area (Å²) < 4.78 is 5.53. The van der Waals surface area contributed by atoms with Crippen LogP contribution in [0.15, 0.2) is 35.2 Å². The fraction of sp³-hybridized carbons (Fsp3) is 0.538. The maximum Gasteiger partial charge on any atom is 0.110 e. The monoisotopic (exact) mass is 288 g/mol. The molecule has 0 saturated carbocycles. The molecule has 0 aliphatic carbocycles. The lowest BCUT2D eigenvalue weighted by atomic mass is 10.0. The quantitative estimate of drug-likeness (QED) is 0.636. The van der Waals surface area contributed by atoms with Gasteiger partial charge in [0.25, 0.3) is 0 Å².